The highest BCUT2D eigenvalue weighted by molar-refractivity contribution is 14.1. The average Bonchev–Trinajstić information content (AvgIpc) is 2.45. The molecule has 0 saturated heterocycles. The van der Waals surface area contributed by atoms with Crippen LogP contribution in [0.15, 0.2) is 33.9 Å². The molecule has 0 fully saturated rings. The summed E-state index contributed by atoms with van der Waals surface area (Å²) in [5.41, 5.74) is 3.02. The highest BCUT2D eigenvalue weighted by Crippen LogP contribution is 2.31. The van der Waals surface area contributed by atoms with Gasteiger partial charge in [0, 0.05) is 0 Å². The third-order valence-corrected chi connectivity index (χ3v) is 4.67. The van der Waals surface area contributed by atoms with Crippen molar-refractivity contribution in [2.45, 2.75) is 65.2 Å². The highest BCUT2D eigenvalue weighted by Gasteiger charge is 2.07. The SMILES string of the molecule is CCCCC/C(I)=C(\CCCCC)c1ccccc1. The molecule has 1 aromatic carbocycles. The summed E-state index contributed by atoms with van der Waals surface area (Å²) in [5.74, 6) is 0. The van der Waals surface area contributed by atoms with Gasteiger partial charge in [0.2, 0.25) is 0 Å². The number of allylic oxidation sites excluding steroid dienone is 2. The minimum absolute atomic E-state index is 1.24. The predicted octanol–water partition coefficient (Wildman–Crippen LogP) is 6.99. The molecular weight excluding hydrogens is 343 g/mol. The molecule has 1 rings (SSSR count). The lowest BCUT2D eigenvalue weighted by molar-refractivity contribution is 0.719. The summed E-state index contributed by atoms with van der Waals surface area (Å²) in [7, 11) is 0. The molecule has 0 spiro atoms. The van der Waals surface area contributed by atoms with Gasteiger partial charge in [0.05, 0.1) is 0 Å². The Morgan fingerprint density at radius 2 is 1.42 bits per heavy atom. The summed E-state index contributed by atoms with van der Waals surface area (Å²) in [4.78, 5) is 0. The molecule has 106 valence electrons. The molecule has 0 bridgehead atoms. The molecule has 1 aromatic rings. The molecule has 0 unspecified atom stereocenters. The summed E-state index contributed by atoms with van der Waals surface area (Å²) in [5, 5.41) is 0. The van der Waals surface area contributed by atoms with Gasteiger partial charge in [-0.2, -0.15) is 0 Å². The van der Waals surface area contributed by atoms with Crippen molar-refractivity contribution in [3.8, 4) is 0 Å². The van der Waals surface area contributed by atoms with Gasteiger partial charge in [0.25, 0.3) is 0 Å². The second-order valence-electron chi connectivity index (χ2n) is 5.16. The predicted molar refractivity (Wildman–Crippen MR) is 95.7 cm³/mol. The van der Waals surface area contributed by atoms with Crippen molar-refractivity contribution in [1.29, 1.82) is 0 Å². The van der Waals surface area contributed by atoms with Gasteiger partial charge in [-0.3, -0.25) is 0 Å². The third-order valence-electron chi connectivity index (χ3n) is 3.48. The van der Waals surface area contributed by atoms with Crippen LogP contribution in [0.5, 0.6) is 0 Å². The van der Waals surface area contributed by atoms with Gasteiger partial charge in [-0.1, -0.05) is 69.9 Å². The average molecular weight is 370 g/mol. The molecule has 0 radical (unpaired) electrons. The van der Waals surface area contributed by atoms with E-state index in [9.17, 15) is 0 Å². The lowest BCUT2D eigenvalue weighted by Gasteiger charge is -2.12. The molecule has 0 N–H and O–H groups in total. The van der Waals surface area contributed by atoms with E-state index in [0.717, 1.165) is 0 Å². The largest absolute Gasteiger partial charge is 0.0654 e. The van der Waals surface area contributed by atoms with Gasteiger partial charge >= 0.3 is 0 Å². The summed E-state index contributed by atoms with van der Waals surface area (Å²) < 4.78 is 1.58. The lowest BCUT2D eigenvalue weighted by Crippen LogP contribution is -1.90. The topological polar surface area (TPSA) is 0 Å². The van der Waals surface area contributed by atoms with Crippen LogP contribution >= 0.6 is 22.6 Å². The monoisotopic (exact) mass is 370 g/mol. The van der Waals surface area contributed by atoms with Crippen LogP contribution in [-0.4, -0.2) is 0 Å². The number of benzene rings is 1. The first-order valence-corrected chi connectivity index (χ1v) is 8.80. The van der Waals surface area contributed by atoms with Crippen LogP contribution in [0, 0.1) is 0 Å². The molecular formula is C18H27I. The second-order valence-corrected chi connectivity index (χ2v) is 6.47. The fourth-order valence-corrected chi connectivity index (χ4v) is 3.27. The Morgan fingerprint density at radius 3 is 2.00 bits per heavy atom. The van der Waals surface area contributed by atoms with E-state index in [-0.39, 0.29) is 0 Å². The Bertz CT molecular complexity index is 365. The Morgan fingerprint density at radius 1 is 0.842 bits per heavy atom. The van der Waals surface area contributed by atoms with Crippen molar-refractivity contribution in [2.24, 2.45) is 0 Å². The number of halogens is 1. The van der Waals surface area contributed by atoms with Gasteiger partial charge in [0.15, 0.2) is 0 Å². The van der Waals surface area contributed by atoms with E-state index in [4.69, 9.17) is 0 Å². The number of hydrogen-bond donors (Lipinski definition) is 0. The van der Waals surface area contributed by atoms with Crippen LogP contribution in [0.25, 0.3) is 5.57 Å². The van der Waals surface area contributed by atoms with Crippen molar-refractivity contribution < 1.29 is 0 Å². The zero-order chi connectivity index (χ0) is 13.9. The van der Waals surface area contributed by atoms with Crippen LogP contribution in [0.4, 0.5) is 0 Å². The van der Waals surface area contributed by atoms with Crippen molar-refractivity contribution in [2.75, 3.05) is 0 Å². The zero-order valence-electron chi connectivity index (χ0n) is 12.4. The van der Waals surface area contributed by atoms with E-state index in [1.807, 2.05) is 0 Å². The highest BCUT2D eigenvalue weighted by atomic mass is 127. The molecule has 0 atom stereocenters. The van der Waals surface area contributed by atoms with Crippen LogP contribution in [0.2, 0.25) is 0 Å². The van der Waals surface area contributed by atoms with Gasteiger partial charge in [0.1, 0.15) is 0 Å². The smallest absolute Gasteiger partial charge is 0.00561 e. The van der Waals surface area contributed by atoms with Crippen molar-refractivity contribution in [1.82, 2.24) is 0 Å². The van der Waals surface area contributed by atoms with Gasteiger partial charge < -0.3 is 0 Å². The first-order valence-electron chi connectivity index (χ1n) is 7.72. The molecule has 0 aliphatic rings. The fourth-order valence-electron chi connectivity index (χ4n) is 2.31. The Kier molecular flexibility index (Phi) is 9.23. The van der Waals surface area contributed by atoms with Crippen LogP contribution in [0.1, 0.15) is 70.8 Å². The molecule has 0 aliphatic carbocycles. The quantitative estimate of drug-likeness (QED) is 0.324. The molecule has 0 aromatic heterocycles. The van der Waals surface area contributed by atoms with Gasteiger partial charge in [-0.05, 0) is 63.0 Å². The maximum Gasteiger partial charge on any atom is -0.00561 e. The molecule has 0 heterocycles. The zero-order valence-corrected chi connectivity index (χ0v) is 14.6. The van der Waals surface area contributed by atoms with E-state index < -0.39 is 0 Å². The minimum Gasteiger partial charge on any atom is -0.0654 e. The van der Waals surface area contributed by atoms with Crippen LogP contribution < -0.4 is 0 Å². The Balaban J connectivity index is 2.75. The molecule has 0 saturated carbocycles. The summed E-state index contributed by atoms with van der Waals surface area (Å²) in [6, 6.07) is 11.0. The summed E-state index contributed by atoms with van der Waals surface area (Å²) in [6.07, 6.45) is 10.4. The first kappa shape index (κ1) is 16.7. The van der Waals surface area contributed by atoms with E-state index in [2.05, 4.69) is 66.8 Å². The van der Waals surface area contributed by atoms with Crippen molar-refractivity contribution >= 4 is 28.2 Å². The van der Waals surface area contributed by atoms with Crippen LogP contribution in [0.3, 0.4) is 0 Å². The van der Waals surface area contributed by atoms with E-state index in [1.54, 1.807) is 9.15 Å². The second kappa shape index (κ2) is 10.5. The Hall–Kier alpha value is -0.310. The minimum atomic E-state index is 1.24. The first-order chi connectivity index (χ1) is 9.29. The molecule has 1 heteroatoms. The maximum atomic E-state index is 2.58. The fraction of sp³-hybridized carbons (Fsp3) is 0.556. The summed E-state index contributed by atoms with van der Waals surface area (Å²) in [6.45, 7) is 4.55. The van der Waals surface area contributed by atoms with E-state index in [0.29, 0.717) is 0 Å². The van der Waals surface area contributed by atoms with Crippen molar-refractivity contribution in [3.63, 3.8) is 0 Å². The maximum absolute atomic E-state index is 2.58. The van der Waals surface area contributed by atoms with E-state index in [1.165, 1.54) is 56.9 Å². The normalized spacial score (nSPS) is 12.4. The standard InChI is InChI=1S/C18H27I/c1-3-5-8-14-17(16-12-10-7-11-13-16)18(19)15-9-6-4-2/h7,10-13H,3-6,8-9,14-15H2,1-2H3/b18-17-. The Labute approximate surface area is 132 Å². The third kappa shape index (κ3) is 6.60. The molecule has 0 nitrogen and oxygen atoms in total. The number of hydrogen-bond acceptors (Lipinski definition) is 0. The van der Waals surface area contributed by atoms with E-state index >= 15 is 0 Å². The molecule has 19 heavy (non-hydrogen) atoms. The van der Waals surface area contributed by atoms with Gasteiger partial charge in [-0.25, -0.2) is 0 Å². The lowest BCUT2D eigenvalue weighted by atomic mass is 9.98. The van der Waals surface area contributed by atoms with Crippen LogP contribution in [-0.2, 0) is 0 Å². The van der Waals surface area contributed by atoms with Crippen molar-refractivity contribution in [3.05, 3.63) is 39.5 Å². The molecule has 0 aliphatic heterocycles. The molecule has 0 amide bonds. The summed E-state index contributed by atoms with van der Waals surface area (Å²) >= 11 is 2.58. The number of rotatable bonds is 9. The van der Waals surface area contributed by atoms with Gasteiger partial charge in [-0.15, -0.1) is 0 Å². The number of unbranched alkanes of at least 4 members (excludes halogenated alkanes) is 4.